The monoisotopic (exact) mass is 348 g/mol. The third-order valence-corrected chi connectivity index (χ3v) is 5.57. The van der Waals surface area contributed by atoms with Crippen LogP contribution in [0.15, 0.2) is 36.5 Å². The van der Waals surface area contributed by atoms with Crippen LogP contribution in [0, 0.1) is 0 Å². The Morgan fingerprint density at radius 1 is 1.00 bits per heavy atom. The van der Waals surface area contributed by atoms with Crippen molar-refractivity contribution in [3.63, 3.8) is 0 Å². The zero-order chi connectivity index (χ0) is 17.3. The summed E-state index contributed by atoms with van der Waals surface area (Å²) in [4.78, 5) is 11.9. The van der Waals surface area contributed by atoms with Gasteiger partial charge in [-0.3, -0.25) is 4.98 Å². The van der Waals surface area contributed by atoms with Crippen LogP contribution in [-0.2, 0) is 0 Å². The van der Waals surface area contributed by atoms with Gasteiger partial charge in [-0.15, -0.1) is 5.10 Å². The van der Waals surface area contributed by atoms with Gasteiger partial charge >= 0.3 is 0 Å². The second kappa shape index (κ2) is 6.68. The van der Waals surface area contributed by atoms with Gasteiger partial charge in [0.1, 0.15) is 11.5 Å². The molecule has 6 heteroatoms. The van der Waals surface area contributed by atoms with Crippen molar-refractivity contribution in [3.05, 3.63) is 42.2 Å². The fraction of sp³-hybridized carbons (Fsp3) is 0.450. The van der Waals surface area contributed by atoms with Crippen molar-refractivity contribution in [1.29, 1.82) is 0 Å². The lowest BCUT2D eigenvalue weighted by atomic mass is 9.94. The minimum Gasteiger partial charge on any atom is -0.355 e. The van der Waals surface area contributed by atoms with Crippen molar-refractivity contribution >= 4 is 11.5 Å². The van der Waals surface area contributed by atoms with Gasteiger partial charge in [0.2, 0.25) is 0 Å². The first-order valence-electron chi connectivity index (χ1n) is 9.66. The van der Waals surface area contributed by atoms with Gasteiger partial charge in [-0.25, -0.2) is 9.50 Å². The Balaban J connectivity index is 1.53. The van der Waals surface area contributed by atoms with Crippen LogP contribution in [0.1, 0.15) is 37.3 Å². The number of imidazole rings is 1. The molecule has 6 nitrogen and oxygen atoms in total. The molecular weight excluding hydrogens is 324 g/mol. The van der Waals surface area contributed by atoms with Gasteiger partial charge in [0.15, 0.2) is 5.65 Å². The number of fused-ring (bicyclic) bond motifs is 1. The van der Waals surface area contributed by atoms with E-state index < -0.39 is 0 Å². The predicted molar refractivity (Wildman–Crippen MR) is 103 cm³/mol. The van der Waals surface area contributed by atoms with Gasteiger partial charge < -0.3 is 10.2 Å². The summed E-state index contributed by atoms with van der Waals surface area (Å²) in [5, 5.41) is 8.29. The van der Waals surface area contributed by atoms with E-state index in [1.165, 1.54) is 18.5 Å². The predicted octanol–water partition coefficient (Wildman–Crippen LogP) is 2.86. The first kappa shape index (κ1) is 15.8. The fourth-order valence-electron chi connectivity index (χ4n) is 4.09. The summed E-state index contributed by atoms with van der Waals surface area (Å²) in [5.74, 6) is 1.58. The summed E-state index contributed by atoms with van der Waals surface area (Å²) in [5.41, 5.74) is 3.99. The quantitative estimate of drug-likeness (QED) is 0.789. The molecule has 0 unspecified atom stereocenters. The molecule has 0 radical (unpaired) electrons. The van der Waals surface area contributed by atoms with E-state index in [1.54, 1.807) is 0 Å². The fourth-order valence-corrected chi connectivity index (χ4v) is 4.09. The Kier molecular flexibility index (Phi) is 4.05. The van der Waals surface area contributed by atoms with E-state index >= 15 is 0 Å². The van der Waals surface area contributed by atoms with E-state index in [4.69, 9.17) is 10.1 Å². The van der Waals surface area contributed by atoms with Crippen molar-refractivity contribution in [3.8, 4) is 11.4 Å². The summed E-state index contributed by atoms with van der Waals surface area (Å²) in [6, 6.07) is 10.5. The molecule has 2 aliphatic heterocycles. The van der Waals surface area contributed by atoms with E-state index in [-0.39, 0.29) is 0 Å². The molecule has 5 rings (SSSR count). The van der Waals surface area contributed by atoms with Gasteiger partial charge in [-0.1, -0.05) is 6.07 Å². The molecule has 0 saturated carbocycles. The Morgan fingerprint density at radius 3 is 2.69 bits per heavy atom. The zero-order valence-electron chi connectivity index (χ0n) is 14.9. The minimum atomic E-state index is 0.545. The molecule has 0 atom stereocenters. The van der Waals surface area contributed by atoms with Crippen molar-refractivity contribution < 1.29 is 0 Å². The lowest BCUT2D eigenvalue weighted by Crippen LogP contribution is -2.27. The molecule has 2 fully saturated rings. The highest BCUT2D eigenvalue weighted by molar-refractivity contribution is 5.60. The van der Waals surface area contributed by atoms with Crippen LogP contribution in [0.5, 0.6) is 0 Å². The smallest absolute Gasteiger partial charge is 0.154 e. The van der Waals surface area contributed by atoms with Crippen LogP contribution in [0.2, 0.25) is 0 Å². The summed E-state index contributed by atoms with van der Waals surface area (Å²) >= 11 is 0. The number of aromatic nitrogens is 4. The highest BCUT2D eigenvalue weighted by Gasteiger charge is 2.19. The lowest BCUT2D eigenvalue weighted by molar-refractivity contribution is 0.453. The van der Waals surface area contributed by atoms with E-state index in [9.17, 15) is 0 Å². The standard InChI is InChI=1S/C20H24N6/c1-2-13-25(12-1)20-7-6-19-22-14-18(26(19)24-20)17-5-3-4-16(23-17)15-8-10-21-11-9-15/h3-7,14-15,21H,1-2,8-13H2. The molecule has 26 heavy (non-hydrogen) atoms. The SMILES string of the molecule is c1cc(-c2cnc3ccc(N4CCCC4)nn23)nc(C2CCNCC2)c1. The highest BCUT2D eigenvalue weighted by atomic mass is 15.3. The van der Waals surface area contributed by atoms with Crippen LogP contribution in [0.25, 0.3) is 17.0 Å². The number of hydrogen-bond donors (Lipinski definition) is 1. The van der Waals surface area contributed by atoms with E-state index in [0.29, 0.717) is 5.92 Å². The van der Waals surface area contributed by atoms with Gasteiger partial charge in [0.25, 0.3) is 0 Å². The summed E-state index contributed by atoms with van der Waals surface area (Å²) < 4.78 is 1.95. The lowest BCUT2D eigenvalue weighted by Gasteiger charge is -2.22. The molecule has 2 saturated heterocycles. The van der Waals surface area contributed by atoms with Crippen molar-refractivity contribution in [2.24, 2.45) is 0 Å². The van der Waals surface area contributed by atoms with Gasteiger partial charge in [0.05, 0.1) is 11.9 Å². The van der Waals surface area contributed by atoms with Crippen molar-refractivity contribution in [2.75, 3.05) is 31.1 Å². The van der Waals surface area contributed by atoms with Crippen LogP contribution in [-0.4, -0.2) is 45.8 Å². The summed E-state index contributed by atoms with van der Waals surface area (Å²) in [7, 11) is 0. The van der Waals surface area contributed by atoms with E-state index in [1.807, 2.05) is 10.7 Å². The average molecular weight is 348 g/mol. The minimum absolute atomic E-state index is 0.545. The van der Waals surface area contributed by atoms with Crippen molar-refractivity contribution in [1.82, 2.24) is 24.9 Å². The molecule has 3 aromatic heterocycles. The Bertz CT molecular complexity index is 906. The molecule has 5 heterocycles. The summed E-state index contributed by atoms with van der Waals surface area (Å²) in [6.45, 7) is 4.33. The van der Waals surface area contributed by atoms with Gasteiger partial charge in [0, 0.05) is 24.7 Å². The number of nitrogens with one attached hydrogen (secondary N) is 1. The number of pyridine rings is 1. The highest BCUT2D eigenvalue weighted by Crippen LogP contribution is 2.27. The topological polar surface area (TPSA) is 58.4 Å². The second-order valence-corrected chi connectivity index (χ2v) is 7.27. The van der Waals surface area contributed by atoms with Gasteiger partial charge in [-0.05, 0) is 63.0 Å². The van der Waals surface area contributed by atoms with Crippen LogP contribution in [0.4, 0.5) is 5.82 Å². The second-order valence-electron chi connectivity index (χ2n) is 7.27. The van der Waals surface area contributed by atoms with Gasteiger partial charge in [-0.2, -0.15) is 0 Å². The Labute approximate surface area is 153 Å². The molecule has 0 spiro atoms. The largest absolute Gasteiger partial charge is 0.355 e. The average Bonchev–Trinajstić information content (AvgIpc) is 3.38. The number of piperidine rings is 1. The molecule has 1 N–H and O–H groups in total. The number of rotatable bonds is 3. The van der Waals surface area contributed by atoms with Crippen LogP contribution >= 0.6 is 0 Å². The number of nitrogens with zero attached hydrogens (tertiary/aromatic N) is 5. The molecule has 134 valence electrons. The molecule has 0 aromatic carbocycles. The third kappa shape index (κ3) is 2.84. The van der Waals surface area contributed by atoms with E-state index in [0.717, 1.165) is 61.9 Å². The Hall–Kier alpha value is -2.47. The first-order valence-corrected chi connectivity index (χ1v) is 9.66. The molecule has 3 aromatic rings. The van der Waals surface area contributed by atoms with Crippen LogP contribution in [0.3, 0.4) is 0 Å². The Morgan fingerprint density at radius 2 is 1.85 bits per heavy atom. The number of anilines is 1. The maximum absolute atomic E-state index is 4.97. The third-order valence-electron chi connectivity index (χ3n) is 5.57. The maximum Gasteiger partial charge on any atom is 0.154 e. The van der Waals surface area contributed by atoms with Crippen LogP contribution < -0.4 is 10.2 Å². The number of hydrogen-bond acceptors (Lipinski definition) is 5. The molecule has 0 bridgehead atoms. The van der Waals surface area contributed by atoms with Crippen molar-refractivity contribution in [2.45, 2.75) is 31.6 Å². The van der Waals surface area contributed by atoms with E-state index in [2.05, 4.69) is 45.5 Å². The molecule has 2 aliphatic rings. The summed E-state index contributed by atoms with van der Waals surface area (Å²) in [6.07, 6.45) is 6.69. The molecule has 0 aliphatic carbocycles. The normalized spacial score (nSPS) is 18.7. The molecular formula is C20H24N6. The molecule has 0 amide bonds. The zero-order valence-corrected chi connectivity index (χ0v) is 14.9. The maximum atomic E-state index is 4.97. The first-order chi connectivity index (χ1) is 12.9.